The average Bonchev–Trinajstić information content (AvgIpc) is 3.36. The number of amides is 2. The normalized spacial score (nSPS) is 29.2. The van der Waals surface area contributed by atoms with Crippen LogP contribution in [0.3, 0.4) is 0 Å². The van der Waals surface area contributed by atoms with Crippen molar-refractivity contribution in [2.75, 3.05) is 19.6 Å². The monoisotopic (exact) mass is 331 g/mol. The quantitative estimate of drug-likeness (QED) is 0.895. The molecule has 1 aromatic rings. The lowest BCUT2D eigenvalue weighted by Gasteiger charge is -2.36. The Labute approximate surface area is 144 Å². The number of aromatic amines is 1. The van der Waals surface area contributed by atoms with Crippen LogP contribution in [0.4, 0.5) is 4.79 Å². The molecule has 0 aromatic carbocycles. The smallest absolute Gasteiger partial charge is 0.318 e. The zero-order valence-electron chi connectivity index (χ0n) is 14.4. The van der Waals surface area contributed by atoms with Crippen LogP contribution in [-0.2, 0) is 0 Å². The molecule has 2 amide bonds. The first-order valence-electron chi connectivity index (χ1n) is 9.61. The molecule has 4 rings (SSSR count). The predicted molar refractivity (Wildman–Crippen MR) is 92.7 cm³/mol. The van der Waals surface area contributed by atoms with Gasteiger partial charge in [-0.05, 0) is 38.5 Å². The maximum atomic E-state index is 12.9. The van der Waals surface area contributed by atoms with Crippen LogP contribution in [0.5, 0.6) is 0 Å². The number of H-pyrrole nitrogens is 1. The standard InChI is InChI=1S/C18H29N5O/c24-18(21-15-8-10-22(13-15)16-5-1-2-6-16)23-9-4-3-7-17(23)14-11-19-20-12-14/h11-12,15-17H,1-10,13H2,(H,19,20)(H,21,24)/t15-,17+/m0/s1. The van der Waals surface area contributed by atoms with Crippen molar-refractivity contribution in [3.05, 3.63) is 18.0 Å². The van der Waals surface area contributed by atoms with Gasteiger partial charge in [-0.3, -0.25) is 10.00 Å². The van der Waals surface area contributed by atoms with Gasteiger partial charge in [0.05, 0.1) is 12.2 Å². The Hall–Kier alpha value is -1.56. The fraction of sp³-hybridized carbons (Fsp3) is 0.778. The molecule has 1 saturated carbocycles. The lowest BCUT2D eigenvalue weighted by molar-refractivity contribution is 0.147. The van der Waals surface area contributed by atoms with Crippen molar-refractivity contribution in [3.63, 3.8) is 0 Å². The molecule has 0 radical (unpaired) electrons. The summed E-state index contributed by atoms with van der Waals surface area (Å²) in [6.07, 6.45) is 13.6. The average molecular weight is 331 g/mol. The van der Waals surface area contributed by atoms with Crippen molar-refractivity contribution in [2.24, 2.45) is 0 Å². The zero-order valence-corrected chi connectivity index (χ0v) is 14.4. The van der Waals surface area contributed by atoms with E-state index in [-0.39, 0.29) is 12.1 Å². The summed E-state index contributed by atoms with van der Waals surface area (Å²) in [7, 11) is 0. The lowest BCUT2D eigenvalue weighted by atomic mass is 9.98. The first-order valence-corrected chi connectivity index (χ1v) is 9.61. The van der Waals surface area contributed by atoms with Gasteiger partial charge in [0.25, 0.3) is 0 Å². The van der Waals surface area contributed by atoms with Gasteiger partial charge < -0.3 is 10.2 Å². The van der Waals surface area contributed by atoms with E-state index in [0.717, 1.165) is 50.5 Å². The second-order valence-electron chi connectivity index (χ2n) is 7.60. The lowest BCUT2D eigenvalue weighted by Crippen LogP contribution is -2.49. The summed E-state index contributed by atoms with van der Waals surface area (Å²) in [5.41, 5.74) is 1.13. The van der Waals surface area contributed by atoms with E-state index >= 15 is 0 Å². The van der Waals surface area contributed by atoms with Crippen molar-refractivity contribution in [1.29, 1.82) is 0 Å². The maximum absolute atomic E-state index is 12.9. The number of rotatable bonds is 3. The molecule has 1 aromatic heterocycles. The number of hydrogen-bond acceptors (Lipinski definition) is 3. The summed E-state index contributed by atoms with van der Waals surface area (Å²) in [5.74, 6) is 0. The number of piperidine rings is 1. The maximum Gasteiger partial charge on any atom is 0.318 e. The molecule has 3 aliphatic rings. The molecule has 6 heteroatoms. The largest absolute Gasteiger partial charge is 0.334 e. The van der Waals surface area contributed by atoms with Gasteiger partial charge in [-0.25, -0.2) is 4.79 Å². The van der Waals surface area contributed by atoms with Crippen LogP contribution in [0, 0.1) is 0 Å². The molecule has 2 aliphatic heterocycles. The molecule has 2 N–H and O–H groups in total. The predicted octanol–water partition coefficient (Wildman–Crippen LogP) is 2.66. The summed E-state index contributed by atoms with van der Waals surface area (Å²) in [4.78, 5) is 17.5. The van der Waals surface area contributed by atoms with Crippen LogP contribution in [0.2, 0.25) is 0 Å². The molecule has 3 heterocycles. The van der Waals surface area contributed by atoms with Crippen molar-refractivity contribution in [1.82, 2.24) is 25.3 Å². The Morgan fingerprint density at radius 3 is 2.75 bits per heavy atom. The van der Waals surface area contributed by atoms with Crippen LogP contribution >= 0.6 is 0 Å². The second kappa shape index (κ2) is 7.13. The van der Waals surface area contributed by atoms with Gasteiger partial charge in [-0.1, -0.05) is 12.8 Å². The van der Waals surface area contributed by atoms with E-state index in [2.05, 4.69) is 20.4 Å². The highest BCUT2D eigenvalue weighted by molar-refractivity contribution is 5.75. The fourth-order valence-corrected chi connectivity index (χ4v) is 4.73. The molecule has 2 saturated heterocycles. The molecular weight excluding hydrogens is 302 g/mol. The Bertz CT molecular complexity index is 540. The molecule has 6 nitrogen and oxygen atoms in total. The van der Waals surface area contributed by atoms with Crippen molar-refractivity contribution >= 4 is 6.03 Å². The van der Waals surface area contributed by atoms with Gasteiger partial charge in [0, 0.05) is 43.5 Å². The summed E-state index contributed by atoms with van der Waals surface area (Å²) in [6, 6.07) is 1.36. The molecule has 132 valence electrons. The molecule has 24 heavy (non-hydrogen) atoms. The topological polar surface area (TPSA) is 64.3 Å². The van der Waals surface area contributed by atoms with E-state index < -0.39 is 0 Å². The number of likely N-dealkylation sites (tertiary alicyclic amines) is 2. The minimum absolute atomic E-state index is 0.110. The number of carbonyl (C=O) groups is 1. The van der Waals surface area contributed by atoms with E-state index in [9.17, 15) is 4.79 Å². The number of hydrogen-bond donors (Lipinski definition) is 2. The summed E-state index contributed by atoms with van der Waals surface area (Å²) in [5, 5.41) is 10.2. The van der Waals surface area contributed by atoms with Gasteiger partial charge in [-0.15, -0.1) is 0 Å². The SMILES string of the molecule is O=C(N[C@H]1CCN(C2CCCC2)C1)N1CCCC[C@@H]1c1cn[nH]c1. The molecule has 2 atom stereocenters. The number of nitrogens with zero attached hydrogens (tertiary/aromatic N) is 3. The van der Waals surface area contributed by atoms with Crippen LogP contribution in [0.15, 0.2) is 12.4 Å². The van der Waals surface area contributed by atoms with Crippen molar-refractivity contribution < 1.29 is 4.79 Å². The van der Waals surface area contributed by atoms with E-state index in [1.165, 1.54) is 32.1 Å². The highest BCUT2D eigenvalue weighted by Crippen LogP contribution is 2.31. The van der Waals surface area contributed by atoms with E-state index in [4.69, 9.17) is 0 Å². The van der Waals surface area contributed by atoms with Crippen molar-refractivity contribution in [2.45, 2.75) is 69.5 Å². The molecule has 0 bridgehead atoms. The Morgan fingerprint density at radius 2 is 1.96 bits per heavy atom. The number of carbonyl (C=O) groups excluding carboxylic acids is 1. The third kappa shape index (κ3) is 3.29. The van der Waals surface area contributed by atoms with Crippen LogP contribution < -0.4 is 5.32 Å². The van der Waals surface area contributed by atoms with Crippen LogP contribution in [-0.4, -0.2) is 57.7 Å². The van der Waals surface area contributed by atoms with Gasteiger partial charge in [0.15, 0.2) is 0 Å². The number of urea groups is 1. The van der Waals surface area contributed by atoms with Gasteiger partial charge in [-0.2, -0.15) is 5.10 Å². The fourth-order valence-electron chi connectivity index (χ4n) is 4.73. The summed E-state index contributed by atoms with van der Waals surface area (Å²) in [6.45, 7) is 3.02. The molecule has 0 spiro atoms. The third-order valence-electron chi connectivity index (χ3n) is 6.06. The van der Waals surface area contributed by atoms with Crippen LogP contribution in [0.1, 0.15) is 63.0 Å². The molecule has 0 unspecified atom stereocenters. The Balaban J connectivity index is 1.35. The Morgan fingerprint density at radius 1 is 1.12 bits per heavy atom. The summed E-state index contributed by atoms with van der Waals surface area (Å²) >= 11 is 0. The first kappa shape index (κ1) is 15.9. The number of aromatic nitrogens is 2. The van der Waals surface area contributed by atoms with E-state index in [1.807, 2.05) is 17.3 Å². The molecular formula is C18H29N5O. The Kier molecular flexibility index (Phi) is 4.74. The third-order valence-corrected chi connectivity index (χ3v) is 6.06. The van der Waals surface area contributed by atoms with E-state index in [0.29, 0.717) is 6.04 Å². The zero-order chi connectivity index (χ0) is 16.4. The van der Waals surface area contributed by atoms with Gasteiger partial charge >= 0.3 is 6.03 Å². The van der Waals surface area contributed by atoms with Crippen molar-refractivity contribution in [3.8, 4) is 0 Å². The van der Waals surface area contributed by atoms with Gasteiger partial charge in [0.1, 0.15) is 0 Å². The second-order valence-corrected chi connectivity index (χ2v) is 7.60. The van der Waals surface area contributed by atoms with Crippen LogP contribution in [0.25, 0.3) is 0 Å². The number of nitrogens with one attached hydrogen (secondary N) is 2. The highest BCUT2D eigenvalue weighted by atomic mass is 16.2. The minimum Gasteiger partial charge on any atom is -0.334 e. The van der Waals surface area contributed by atoms with Gasteiger partial charge in [0.2, 0.25) is 0 Å². The first-order chi connectivity index (χ1) is 11.8. The van der Waals surface area contributed by atoms with E-state index in [1.54, 1.807) is 0 Å². The molecule has 3 fully saturated rings. The summed E-state index contributed by atoms with van der Waals surface area (Å²) < 4.78 is 0. The highest BCUT2D eigenvalue weighted by Gasteiger charge is 2.33. The molecule has 1 aliphatic carbocycles. The minimum atomic E-state index is 0.110.